The van der Waals surface area contributed by atoms with Gasteiger partial charge in [0.1, 0.15) is 5.52 Å². The van der Waals surface area contributed by atoms with Crippen LogP contribution in [0.5, 0.6) is 0 Å². The lowest BCUT2D eigenvalue weighted by atomic mass is 10.1. The second-order valence-electron chi connectivity index (χ2n) is 7.62. The number of aromatic nitrogens is 4. The Labute approximate surface area is 180 Å². The summed E-state index contributed by atoms with van der Waals surface area (Å²) in [6, 6.07) is 7.84. The molecule has 0 saturated heterocycles. The van der Waals surface area contributed by atoms with Crippen LogP contribution in [0.4, 0.5) is 29.3 Å². The number of benzene rings is 1. The second-order valence-corrected chi connectivity index (χ2v) is 7.62. The lowest BCUT2D eigenvalue weighted by Gasteiger charge is -2.35. The first-order chi connectivity index (χ1) is 15.2. The van der Waals surface area contributed by atoms with Crippen molar-refractivity contribution < 1.29 is 18.0 Å². The fourth-order valence-electron chi connectivity index (χ4n) is 3.82. The molecule has 0 N–H and O–H groups in total. The first-order valence-electron chi connectivity index (χ1n) is 9.72. The molecule has 1 aliphatic rings. The molecule has 0 spiro atoms. The van der Waals surface area contributed by atoms with E-state index in [4.69, 9.17) is 4.98 Å². The van der Waals surface area contributed by atoms with Crippen LogP contribution in [0.25, 0.3) is 22.3 Å². The predicted molar refractivity (Wildman–Crippen MR) is 112 cm³/mol. The number of fused-ring (bicyclic) bond motifs is 3. The van der Waals surface area contributed by atoms with E-state index in [1.807, 2.05) is 0 Å². The Bertz CT molecular complexity index is 1360. The van der Waals surface area contributed by atoms with E-state index in [9.17, 15) is 18.0 Å². The summed E-state index contributed by atoms with van der Waals surface area (Å²) in [4.78, 5) is 25.0. The summed E-state index contributed by atoms with van der Waals surface area (Å²) in [7, 11) is 3.38. The van der Waals surface area contributed by atoms with Crippen LogP contribution < -0.4 is 4.90 Å². The van der Waals surface area contributed by atoms with Gasteiger partial charge in [-0.15, -0.1) is 0 Å². The molecule has 4 heterocycles. The SMILES string of the molecule is CN1Cc2cnc3ccc(-c4cnn(C)c4)nc3c2N(c2cccc(C(F)(F)F)c2)C1=O. The number of halogens is 3. The van der Waals surface area contributed by atoms with Gasteiger partial charge in [0.05, 0.1) is 40.9 Å². The molecule has 32 heavy (non-hydrogen) atoms. The maximum absolute atomic E-state index is 13.4. The smallest absolute Gasteiger partial charge is 0.323 e. The van der Waals surface area contributed by atoms with Crippen molar-refractivity contribution in [3.05, 3.63) is 66.1 Å². The molecule has 162 valence electrons. The highest BCUT2D eigenvalue weighted by atomic mass is 19.4. The molecule has 0 unspecified atom stereocenters. The van der Waals surface area contributed by atoms with E-state index in [1.54, 1.807) is 49.5 Å². The first-order valence-corrected chi connectivity index (χ1v) is 9.72. The van der Waals surface area contributed by atoms with Crippen LogP contribution in [0.15, 0.2) is 55.0 Å². The Morgan fingerprint density at radius 3 is 2.59 bits per heavy atom. The van der Waals surface area contributed by atoms with Crippen molar-refractivity contribution in [1.29, 1.82) is 0 Å². The number of carbonyl (C=O) groups is 1. The van der Waals surface area contributed by atoms with Gasteiger partial charge >= 0.3 is 12.2 Å². The largest absolute Gasteiger partial charge is 0.416 e. The number of carbonyl (C=O) groups excluding carboxylic acids is 1. The number of amides is 2. The number of rotatable bonds is 2. The van der Waals surface area contributed by atoms with E-state index in [0.717, 1.165) is 17.7 Å². The van der Waals surface area contributed by atoms with Gasteiger partial charge in [0, 0.05) is 37.6 Å². The molecule has 1 aliphatic heterocycles. The number of pyridine rings is 2. The van der Waals surface area contributed by atoms with Crippen molar-refractivity contribution >= 4 is 28.4 Å². The third-order valence-electron chi connectivity index (χ3n) is 5.34. The highest BCUT2D eigenvalue weighted by molar-refractivity contribution is 6.08. The van der Waals surface area contributed by atoms with Gasteiger partial charge in [0.2, 0.25) is 0 Å². The molecule has 0 saturated carbocycles. The van der Waals surface area contributed by atoms with Crippen molar-refractivity contribution in [2.75, 3.05) is 11.9 Å². The van der Waals surface area contributed by atoms with E-state index in [-0.39, 0.29) is 12.2 Å². The van der Waals surface area contributed by atoms with Crippen LogP contribution in [-0.2, 0) is 19.8 Å². The third kappa shape index (κ3) is 3.24. The van der Waals surface area contributed by atoms with Gasteiger partial charge in [-0.05, 0) is 30.3 Å². The highest BCUT2D eigenvalue weighted by Gasteiger charge is 2.35. The van der Waals surface area contributed by atoms with Crippen LogP contribution in [0.3, 0.4) is 0 Å². The van der Waals surface area contributed by atoms with Crippen molar-refractivity contribution in [2.45, 2.75) is 12.7 Å². The maximum atomic E-state index is 13.4. The van der Waals surface area contributed by atoms with Crippen LogP contribution in [-0.4, -0.2) is 37.7 Å². The number of anilines is 2. The highest BCUT2D eigenvalue weighted by Crippen LogP contribution is 2.40. The summed E-state index contributed by atoms with van der Waals surface area (Å²) in [6.07, 6.45) is 0.573. The second kappa shape index (κ2) is 7.04. The number of urea groups is 1. The van der Waals surface area contributed by atoms with Gasteiger partial charge in [-0.3, -0.25) is 14.6 Å². The van der Waals surface area contributed by atoms with E-state index < -0.39 is 17.8 Å². The molecule has 2 amide bonds. The summed E-state index contributed by atoms with van der Waals surface area (Å²) in [5, 5.41) is 4.16. The van der Waals surface area contributed by atoms with Crippen molar-refractivity contribution in [1.82, 2.24) is 24.6 Å². The van der Waals surface area contributed by atoms with Crippen LogP contribution in [0.1, 0.15) is 11.1 Å². The molecule has 1 aromatic carbocycles. The lowest BCUT2D eigenvalue weighted by molar-refractivity contribution is -0.137. The molecular weight excluding hydrogens is 421 g/mol. The topological polar surface area (TPSA) is 67.2 Å². The zero-order chi connectivity index (χ0) is 22.6. The summed E-state index contributed by atoms with van der Waals surface area (Å²) in [5.74, 6) is 0. The molecule has 7 nitrogen and oxygen atoms in total. The zero-order valence-corrected chi connectivity index (χ0v) is 17.1. The van der Waals surface area contributed by atoms with Gasteiger partial charge in [-0.1, -0.05) is 6.07 Å². The molecule has 4 aromatic rings. The molecule has 10 heteroatoms. The summed E-state index contributed by atoms with van der Waals surface area (Å²) < 4.78 is 41.7. The molecule has 5 rings (SSSR count). The van der Waals surface area contributed by atoms with Crippen molar-refractivity contribution in [2.24, 2.45) is 7.05 Å². The maximum Gasteiger partial charge on any atom is 0.416 e. The molecule has 3 aromatic heterocycles. The Balaban J connectivity index is 1.75. The minimum absolute atomic E-state index is 0.110. The van der Waals surface area contributed by atoms with Gasteiger partial charge in [-0.25, -0.2) is 9.78 Å². The van der Waals surface area contributed by atoms with E-state index in [0.29, 0.717) is 28.0 Å². The summed E-state index contributed by atoms with van der Waals surface area (Å²) >= 11 is 0. The molecule has 0 radical (unpaired) electrons. The van der Waals surface area contributed by atoms with Crippen LogP contribution >= 0.6 is 0 Å². The Kier molecular flexibility index (Phi) is 4.40. The molecule has 0 bridgehead atoms. The molecule has 0 atom stereocenters. The normalized spacial score (nSPS) is 14.2. The van der Waals surface area contributed by atoms with Gasteiger partial charge < -0.3 is 4.90 Å². The zero-order valence-electron chi connectivity index (χ0n) is 17.1. The minimum Gasteiger partial charge on any atom is -0.323 e. The third-order valence-corrected chi connectivity index (χ3v) is 5.34. The predicted octanol–water partition coefficient (Wildman–Crippen LogP) is 4.75. The summed E-state index contributed by atoms with van der Waals surface area (Å²) in [6.45, 7) is 0.269. The first kappa shape index (κ1) is 20.0. The molecule has 0 fully saturated rings. The number of hydrogen-bond donors (Lipinski definition) is 0. The number of hydrogen-bond acceptors (Lipinski definition) is 4. The van der Waals surface area contributed by atoms with Gasteiger partial charge in [-0.2, -0.15) is 18.3 Å². The monoisotopic (exact) mass is 438 g/mol. The quantitative estimate of drug-likeness (QED) is 0.453. The summed E-state index contributed by atoms with van der Waals surface area (Å²) in [5.41, 5.74) is 2.76. The molecule has 0 aliphatic carbocycles. The molecular formula is C22H17F3N6O. The number of nitrogens with zero attached hydrogens (tertiary/aromatic N) is 6. The van der Waals surface area contributed by atoms with Gasteiger partial charge in [0.15, 0.2) is 0 Å². The minimum atomic E-state index is -4.53. The number of aryl methyl sites for hydroxylation is 1. The van der Waals surface area contributed by atoms with Crippen molar-refractivity contribution in [3.63, 3.8) is 0 Å². The number of alkyl halides is 3. The lowest BCUT2D eigenvalue weighted by Crippen LogP contribution is -2.42. The van der Waals surface area contributed by atoms with E-state index >= 15 is 0 Å². The fourth-order valence-corrected chi connectivity index (χ4v) is 3.82. The van der Waals surface area contributed by atoms with Crippen molar-refractivity contribution in [3.8, 4) is 11.3 Å². The average molecular weight is 438 g/mol. The van der Waals surface area contributed by atoms with E-state index in [2.05, 4.69) is 10.1 Å². The van der Waals surface area contributed by atoms with Crippen LogP contribution in [0.2, 0.25) is 0 Å². The fraction of sp³-hybridized carbons (Fsp3) is 0.182. The van der Waals surface area contributed by atoms with E-state index in [1.165, 1.54) is 21.9 Å². The van der Waals surface area contributed by atoms with Crippen LogP contribution in [0, 0.1) is 0 Å². The average Bonchev–Trinajstić information content (AvgIpc) is 3.20. The Morgan fingerprint density at radius 2 is 1.88 bits per heavy atom. The standard InChI is InChI=1S/C22H17F3N6O/c1-29-11-14-9-26-18-7-6-17(13-10-27-30(2)12-13)28-19(18)20(14)31(21(29)32)16-5-3-4-15(8-16)22(23,24)25/h3-10,12H,11H2,1-2H3. The van der Waals surface area contributed by atoms with Gasteiger partial charge in [0.25, 0.3) is 0 Å². The Morgan fingerprint density at radius 1 is 1.06 bits per heavy atom. The Hall–Kier alpha value is -3.95.